The Morgan fingerprint density at radius 1 is 1.44 bits per heavy atom. The molecule has 1 unspecified atom stereocenters. The minimum Gasteiger partial charge on any atom is -0.387 e. The van der Waals surface area contributed by atoms with Crippen molar-refractivity contribution in [3.8, 4) is 11.3 Å². The van der Waals surface area contributed by atoms with E-state index in [0.29, 0.717) is 6.42 Å². The van der Waals surface area contributed by atoms with E-state index in [0.717, 1.165) is 6.20 Å². The zero-order valence-electron chi connectivity index (χ0n) is 13.0. The molecule has 134 valence electrons. The quantitative estimate of drug-likeness (QED) is 0.654. The second-order valence-corrected chi connectivity index (χ2v) is 5.88. The van der Waals surface area contributed by atoms with Crippen molar-refractivity contribution in [3.05, 3.63) is 41.1 Å². The summed E-state index contributed by atoms with van der Waals surface area (Å²) in [5, 5.41) is 10.2. The lowest BCUT2D eigenvalue weighted by atomic mass is 9.98. The van der Waals surface area contributed by atoms with Gasteiger partial charge in [-0.15, -0.1) is 0 Å². The van der Waals surface area contributed by atoms with E-state index in [1.54, 1.807) is 0 Å². The van der Waals surface area contributed by atoms with Gasteiger partial charge in [-0.25, -0.2) is 4.98 Å². The van der Waals surface area contributed by atoms with Crippen LogP contribution < -0.4 is 5.73 Å². The van der Waals surface area contributed by atoms with E-state index < -0.39 is 47.4 Å². The van der Waals surface area contributed by atoms with Crippen LogP contribution in [0.3, 0.4) is 0 Å². The Kier molecular flexibility index (Phi) is 4.28. The first-order valence-electron chi connectivity index (χ1n) is 7.61. The zero-order chi connectivity index (χ0) is 18.4. The Balaban J connectivity index is 2.41. The van der Waals surface area contributed by atoms with Gasteiger partial charge in [-0.1, -0.05) is 0 Å². The topological polar surface area (TPSA) is 81.1 Å². The van der Waals surface area contributed by atoms with Gasteiger partial charge in [-0.05, 0) is 30.5 Å². The number of hydrogen-bond donors (Lipinski definition) is 2. The van der Waals surface area contributed by atoms with Crippen LogP contribution in [0.15, 0.2) is 18.3 Å². The molecule has 1 amide bonds. The molecule has 2 aromatic rings. The number of aliphatic hydroxyl groups is 1. The molecule has 0 aromatic carbocycles. The summed E-state index contributed by atoms with van der Waals surface area (Å²) < 4.78 is 56.8. The predicted molar refractivity (Wildman–Crippen MR) is 79.7 cm³/mol. The molecule has 0 spiro atoms. The second kappa shape index (κ2) is 6.14. The highest BCUT2D eigenvalue weighted by Gasteiger charge is 2.43. The summed E-state index contributed by atoms with van der Waals surface area (Å²) in [6.07, 6.45) is -4.92. The van der Waals surface area contributed by atoms with Gasteiger partial charge in [0.25, 0.3) is 0 Å². The van der Waals surface area contributed by atoms with Crippen molar-refractivity contribution in [2.45, 2.75) is 38.1 Å². The molecule has 1 aliphatic rings. The minimum atomic E-state index is -4.85. The normalized spacial score (nSPS) is 17.4. The van der Waals surface area contributed by atoms with Gasteiger partial charge >= 0.3 is 6.18 Å². The number of aromatic nitrogens is 2. The van der Waals surface area contributed by atoms with Crippen molar-refractivity contribution >= 4 is 5.91 Å². The van der Waals surface area contributed by atoms with Crippen LogP contribution in [-0.4, -0.2) is 20.6 Å². The highest BCUT2D eigenvalue weighted by molar-refractivity contribution is 5.80. The van der Waals surface area contributed by atoms with Crippen molar-refractivity contribution in [1.82, 2.24) is 9.55 Å². The van der Waals surface area contributed by atoms with Crippen LogP contribution in [0.25, 0.3) is 11.3 Å². The van der Waals surface area contributed by atoms with Crippen LogP contribution in [0, 0.1) is 5.95 Å². The fraction of sp³-hybridized carbons (Fsp3) is 0.375. The van der Waals surface area contributed by atoms with Gasteiger partial charge in [0.2, 0.25) is 11.9 Å². The average Bonchev–Trinajstić information content (AvgIpc) is 2.82. The molecule has 9 heteroatoms. The Labute approximate surface area is 140 Å². The standard InChI is InChI=1S/C16H15F4N3O2/c17-15-8(3-1-5-22-15)14-12(16(18,19)20)9(7-11(21)25)13-10(24)4-2-6-23(13)14/h1,3,5,10,24H,2,4,6-7H2,(H2,21,25). The number of alkyl halides is 3. The molecule has 3 rings (SSSR count). The second-order valence-electron chi connectivity index (χ2n) is 5.88. The first-order chi connectivity index (χ1) is 11.7. The van der Waals surface area contributed by atoms with E-state index in [4.69, 9.17) is 5.73 Å². The first-order valence-corrected chi connectivity index (χ1v) is 7.61. The van der Waals surface area contributed by atoms with Gasteiger partial charge in [-0.3, -0.25) is 4.79 Å². The summed E-state index contributed by atoms with van der Waals surface area (Å²) in [6.45, 7) is 0.165. The number of pyridine rings is 1. The average molecular weight is 357 g/mol. The SMILES string of the molecule is NC(=O)Cc1c(C(F)(F)F)c(-c2cccnc2F)n2c1C(O)CCC2. The van der Waals surface area contributed by atoms with Crippen LogP contribution in [0.1, 0.15) is 35.8 Å². The Morgan fingerprint density at radius 3 is 2.76 bits per heavy atom. The number of amides is 1. The fourth-order valence-electron chi connectivity index (χ4n) is 3.38. The number of carbonyl (C=O) groups is 1. The van der Waals surface area contributed by atoms with E-state index in [1.165, 1.54) is 16.7 Å². The van der Waals surface area contributed by atoms with E-state index >= 15 is 0 Å². The monoisotopic (exact) mass is 357 g/mol. The smallest absolute Gasteiger partial charge is 0.387 e. The van der Waals surface area contributed by atoms with Gasteiger partial charge in [0.15, 0.2) is 0 Å². The lowest BCUT2D eigenvalue weighted by molar-refractivity contribution is -0.137. The molecule has 5 nitrogen and oxygen atoms in total. The number of aliphatic hydroxyl groups excluding tert-OH is 1. The van der Waals surface area contributed by atoms with Crippen LogP contribution in [0.4, 0.5) is 17.6 Å². The van der Waals surface area contributed by atoms with Crippen molar-refractivity contribution in [1.29, 1.82) is 0 Å². The van der Waals surface area contributed by atoms with Crippen LogP contribution in [0.2, 0.25) is 0 Å². The molecule has 0 saturated carbocycles. The summed E-state index contributed by atoms with van der Waals surface area (Å²) in [5.41, 5.74) is 2.78. The van der Waals surface area contributed by atoms with Gasteiger partial charge in [-0.2, -0.15) is 17.6 Å². The molecule has 0 fully saturated rings. The molecule has 2 aromatic heterocycles. The molecule has 1 atom stereocenters. The number of primary amides is 1. The molecular formula is C16H15F4N3O2. The Hall–Kier alpha value is -2.42. The number of halogens is 4. The molecule has 25 heavy (non-hydrogen) atoms. The molecule has 3 N–H and O–H groups in total. The number of nitrogens with zero attached hydrogens (tertiary/aromatic N) is 2. The summed E-state index contributed by atoms with van der Waals surface area (Å²) >= 11 is 0. The first kappa shape index (κ1) is 17.4. The minimum absolute atomic E-state index is 0.0318. The van der Waals surface area contributed by atoms with Gasteiger partial charge in [0, 0.05) is 12.7 Å². The fourth-order valence-corrected chi connectivity index (χ4v) is 3.38. The largest absolute Gasteiger partial charge is 0.418 e. The summed E-state index contributed by atoms with van der Waals surface area (Å²) in [7, 11) is 0. The van der Waals surface area contributed by atoms with Crippen molar-refractivity contribution in [2.75, 3.05) is 0 Å². The van der Waals surface area contributed by atoms with E-state index in [2.05, 4.69) is 4.98 Å². The highest BCUT2D eigenvalue weighted by atomic mass is 19.4. The molecule has 0 radical (unpaired) electrons. The van der Waals surface area contributed by atoms with Crippen LogP contribution >= 0.6 is 0 Å². The summed E-state index contributed by atoms with van der Waals surface area (Å²) in [4.78, 5) is 14.7. The summed E-state index contributed by atoms with van der Waals surface area (Å²) in [5.74, 6) is -2.02. The number of fused-ring (bicyclic) bond motifs is 1. The highest BCUT2D eigenvalue weighted by Crippen LogP contribution is 2.46. The molecule has 1 aliphatic heterocycles. The van der Waals surface area contributed by atoms with E-state index in [-0.39, 0.29) is 24.2 Å². The van der Waals surface area contributed by atoms with E-state index in [9.17, 15) is 27.5 Å². The van der Waals surface area contributed by atoms with Crippen molar-refractivity contribution < 1.29 is 27.5 Å². The molecule has 0 aliphatic carbocycles. The molecule has 3 heterocycles. The third kappa shape index (κ3) is 2.99. The van der Waals surface area contributed by atoms with Crippen molar-refractivity contribution in [3.63, 3.8) is 0 Å². The van der Waals surface area contributed by atoms with Crippen LogP contribution in [-0.2, 0) is 23.9 Å². The number of rotatable bonds is 3. The zero-order valence-corrected chi connectivity index (χ0v) is 13.0. The third-order valence-electron chi connectivity index (χ3n) is 4.23. The number of nitrogens with two attached hydrogens (primary N) is 1. The molecule has 0 saturated heterocycles. The maximum Gasteiger partial charge on any atom is 0.418 e. The summed E-state index contributed by atoms with van der Waals surface area (Å²) in [6, 6.07) is 2.51. The van der Waals surface area contributed by atoms with E-state index in [1.807, 2.05) is 0 Å². The van der Waals surface area contributed by atoms with Crippen LogP contribution in [0.5, 0.6) is 0 Å². The third-order valence-corrected chi connectivity index (χ3v) is 4.23. The number of hydrogen-bond acceptors (Lipinski definition) is 3. The Morgan fingerprint density at radius 2 is 2.16 bits per heavy atom. The number of carbonyl (C=O) groups excluding carboxylic acids is 1. The molecule has 0 bridgehead atoms. The predicted octanol–water partition coefficient (Wildman–Crippen LogP) is 2.56. The van der Waals surface area contributed by atoms with Gasteiger partial charge in [0.1, 0.15) is 0 Å². The lowest BCUT2D eigenvalue weighted by Gasteiger charge is -2.23. The maximum atomic E-state index is 14.1. The van der Waals surface area contributed by atoms with Gasteiger partial charge in [0.05, 0.1) is 35.0 Å². The maximum absolute atomic E-state index is 14.1. The lowest BCUT2D eigenvalue weighted by Crippen LogP contribution is -2.20. The molecular weight excluding hydrogens is 342 g/mol. The van der Waals surface area contributed by atoms with Crippen molar-refractivity contribution in [2.24, 2.45) is 5.73 Å². The van der Waals surface area contributed by atoms with Gasteiger partial charge < -0.3 is 15.4 Å². The Bertz CT molecular complexity index is 830.